The number of carbonyl (C=O) groups is 6. The van der Waals surface area contributed by atoms with E-state index in [4.69, 9.17) is 26.3 Å². The molecule has 2 atom stereocenters. The smallest absolute Gasteiger partial charge is 0.430 e. The Balaban J connectivity index is 1.71. The van der Waals surface area contributed by atoms with E-state index in [0.29, 0.717) is 5.01 Å². The van der Waals surface area contributed by atoms with Gasteiger partial charge in [-0.3, -0.25) is 19.3 Å². The SMILES string of the molecule is CON=C(C(=O)N[C@@H]1C(=O)N2C(C(=O)O)=C(COC(N)=O)CS[C@@H]12)c1csc(N(N)C(=O)OCCC(=O)O)n1. The summed E-state index contributed by atoms with van der Waals surface area (Å²) in [4.78, 5) is 80.8. The number of thioether (sulfide) groups is 1. The average Bonchev–Trinajstić information content (AvgIpc) is 3.37. The Morgan fingerprint density at radius 1 is 1.28 bits per heavy atom. The molecule has 2 aliphatic heterocycles. The van der Waals surface area contributed by atoms with Crippen molar-refractivity contribution in [1.29, 1.82) is 0 Å². The number of carbonyl (C=O) groups excluding carboxylic acids is 4. The number of rotatable bonds is 11. The molecule has 0 spiro atoms. The lowest BCUT2D eigenvalue weighted by atomic mass is 10.0. The van der Waals surface area contributed by atoms with E-state index >= 15 is 0 Å². The summed E-state index contributed by atoms with van der Waals surface area (Å²) in [7, 11) is 1.16. The molecule has 0 radical (unpaired) electrons. The number of amides is 4. The maximum atomic E-state index is 13.0. The third-order valence-corrected chi connectivity index (χ3v) is 7.18. The van der Waals surface area contributed by atoms with Gasteiger partial charge in [0.25, 0.3) is 11.8 Å². The molecular formula is C19H21N7O11S2. The standard InChI is InChI=1S/C19H21N7O11S2/c1-35-24-10(8-6-39-18(22-8)26(21)19(34)36-3-2-9(27)28)13(29)23-11-14(30)25-12(16(31)32)7(4-37-17(20)33)5-38-15(11)25/h6,11,15H,2-5,21H2,1H3,(H2,20,33)(H,23,29)(H,27,28)(H,31,32)/t11-,15+/m1/s1. The van der Waals surface area contributed by atoms with Crippen LogP contribution in [0, 0.1) is 0 Å². The summed E-state index contributed by atoms with van der Waals surface area (Å²) in [6.07, 6.45) is -2.64. The number of fused-ring (bicyclic) bond motifs is 1. The van der Waals surface area contributed by atoms with Crippen molar-refractivity contribution >= 4 is 69.9 Å². The maximum absolute atomic E-state index is 13.0. The van der Waals surface area contributed by atoms with Gasteiger partial charge in [-0.1, -0.05) is 5.16 Å². The second-order valence-corrected chi connectivity index (χ2v) is 9.43. The Bertz CT molecular complexity index is 1260. The number of carboxylic acid groups (broad SMARTS) is 2. The van der Waals surface area contributed by atoms with Gasteiger partial charge in [-0.15, -0.1) is 23.1 Å². The molecule has 1 saturated heterocycles. The summed E-state index contributed by atoms with van der Waals surface area (Å²) in [6.45, 7) is -0.845. The van der Waals surface area contributed by atoms with E-state index in [1.54, 1.807) is 0 Å². The Morgan fingerprint density at radius 2 is 2.00 bits per heavy atom. The summed E-state index contributed by atoms with van der Waals surface area (Å²) in [5, 5.41) is 25.2. The minimum absolute atomic E-state index is 0.0824. The van der Waals surface area contributed by atoms with Crippen LogP contribution < -0.4 is 21.9 Å². The zero-order chi connectivity index (χ0) is 28.9. The van der Waals surface area contributed by atoms with Crippen molar-refractivity contribution < 1.29 is 53.3 Å². The fraction of sp³-hybridized carbons (Fsp3) is 0.368. The molecule has 210 valence electrons. The number of hydrazine groups is 1. The van der Waals surface area contributed by atoms with Crippen LogP contribution in [0.2, 0.25) is 0 Å². The van der Waals surface area contributed by atoms with Crippen molar-refractivity contribution in [1.82, 2.24) is 15.2 Å². The molecule has 1 aromatic heterocycles. The molecule has 1 fully saturated rings. The lowest BCUT2D eigenvalue weighted by Gasteiger charge is -2.49. The molecule has 2 aliphatic rings. The molecule has 0 saturated carbocycles. The average molecular weight is 588 g/mol. The lowest BCUT2D eigenvalue weighted by molar-refractivity contribution is -0.150. The van der Waals surface area contributed by atoms with Crippen LogP contribution in [0.25, 0.3) is 0 Å². The van der Waals surface area contributed by atoms with E-state index < -0.39 is 67.0 Å². The van der Waals surface area contributed by atoms with Gasteiger partial charge in [-0.2, -0.15) is 5.01 Å². The van der Waals surface area contributed by atoms with Crippen molar-refractivity contribution in [2.24, 2.45) is 16.7 Å². The largest absolute Gasteiger partial charge is 0.481 e. The number of aromatic nitrogens is 1. The number of β-lactam (4-membered cyclic amide) rings is 1. The molecule has 0 unspecified atom stereocenters. The van der Waals surface area contributed by atoms with Crippen LogP contribution in [0.3, 0.4) is 0 Å². The molecule has 0 aliphatic carbocycles. The zero-order valence-corrected chi connectivity index (χ0v) is 21.5. The summed E-state index contributed by atoms with van der Waals surface area (Å²) in [5.74, 6) is 1.50. The van der Waals surface area contributed by atoms with Crippen LogP contribution in [0.5, 0.6) is 0 Å². The number of nitrogens with two attached hydrogens (primary N) is 2. The Labute approximate surface area is 226 Å². The van der Waals surface area contributed by atoms with Crippen LogP contribution in [0.15, 0.2) is 21.8 Å². The number of ether oxygens (including phenoxy) is 2. The van der Waals surface area contributed by atoms with Crippen LogP contribution in [-0.2, 0) is 33.5 Å². The number of nitrogens with zero attached hydrogens (tertiary/aromatic N) is 4. The first-order valence-electron chi connectivity index (χ1n) is 10.6. The van der Waals surface area contributed by atoms with Crippen molar-refractivity contribution in [3.63, 3.8) is 0 Å². The number of thiazole rings is 1. The number of aliphatic carboxylic acids is 2. The molecule has 1 aromatic rings. The highest BCUT2D eigenvalue weighted by atomic mass is 32.2. The molecule has 39 heavy (non-hydrogen) atoms. The van der Waals surface area contributed by atoms with Crippen LogP contribution >= 0.6 is 23.1 Å². The number of hydrogen-bond acceptors (Lipinski definition) is 14. The molecule has 0 aromatic carbocycles. The van der Waals surface area contributed by atoms with Crippen molar-refractivity contribution in [3.05, 3.63) is 22.3 Å². The number of hydrogen-bond donors (Lipinski definition) is 5. The monoisotopic (exact) mass is 587 g/mol. The zero-order valence-electron chi connectivity index (χ0n) is 19.9. The summed E-state index contributed by atoms with van der Waals surface area (Å²) in [5.41, 5.74) is 4.25. The van der Waals surface area contributed by atoms with E-state index in [0.717, 1.165) is 35.1 Å². The van der Waals surface area contributed by atoms with Gasteiger partial charge in [-0.25, -0.2) is 25.2 Å². The summed E-state index contributed by atoms with van der Waals surface area (Å²) in [6, 6.07) is -1.13. The van der Waals surface area contributed by atoms with E-state index in [1.807, 2.05) is 0 Å². The van der Waals surface area contributed by atoms with Crippen LogP contribution in [0.1, 0.15) is 12.1 Å². The third-order valence-electron chi connectivity index (χ3n) is 5.00. The molecular weight excluding hydrogens is 566 g/mol. The van der Waals surface area contributed by atoms with Gasteiger partial charge in [-0.05, 0) is 0 Å². The molecule has 18 nitrogen and oxygen atoms in total. The number of carboxylic acids is 2. The van der Waals surface area contributed by atoms with E-state index in [9.17, 15) is 33.9 Å². The van der Waals surface area contributed by atoms with Gasteiger partial charge in [0.2, 0.25) is 5.13 Å². The second-order valence-electron chi connectivity index (χ2n) is 7.49. The number of primary amides is 1. The Morgan fingerprint density at radius 3 is 2.62 bits per heavy atom. The molecule has 0 bridgehead atoms. The highest BCUT2D eigenvalue weighted by molar-refractivity contribution is 8.00. The molecule has 3 heterocycles. The van der Waals surface area contributed by atoms with Gasteiger partial charge in [0.15, 0.2) is 5.71 Å². The van der Waals surface area contributed by atoms with Gasteiger partial charge in [0.05, 0.1) is 6.42 Å². The van der Waals surface area contributed by atoms with Gasteiger partial charge in [0, 0.05) is 16.7 Å². The number of anilines is 1. The highest BCUT2D eigenvalue weighted by Gasteiger charge is 2.54. The first-order valence-corrected chi connectivity index (χ1v) is 12.5. The van der Waals surface area contributed by atoms with E-state index in [2.05, 4.69) is 20.2 Å². The minimum Gasteiger partial charge on any atom is -0.481 e. The highest BCUT2D eigenvalue weighted by Crippen LogP contribution is 2.40. The maximum Gasteiger partial charge on any atom is 0.430 e. The first-order chi connectivity index (χ1) is 18.5. The Hall–Kier alpha value is -4.43. The van der Waals surface area contributed by atoms with E-state index in [1.165, 1.54) is 5.38 Å². The molecule has 20 heteroatoms. The quantitative estimate of drug-likeness (QED) is 0.0656. The van der Waals surface area contributed by atoms with Crippen molar-refractivity contribution in [2.75, 3.05) is 31.1 Å². The molecule has 4 amide bonds. The van der Waals surface area contributed by atoms with Crippen LogP contribution in [0.4, 0.5) is 14.7 Å². The Kier molecular flexibility index (Phi) is 9.27. The van der Waals surface area contributed by atoms with Crippen molar-refractivity contribution in [3.8, 4) is 0 Å². The number of oxime groups is 1. The third kappa shape index (κ3) is 6.53. The molecule has 3 rings (SSSR count). The predicted molar refractivity (Wildman–Crippen MR) is 131 cm³/mol. The van der Waals surface area contributed by atoms with Gasteiger partial charge in [0.1, 0.15) is 43.1 Å². The normalized spacial score (nSPS) is 18.5. The molecule has 7 N–H and O–H groups in total. The lowest BCUT2D eigenvalue weighted by Crippen LogP contribution is -2.71. The summed E-state index contributed by atoms with van der Waals surface area (Å²) >= 11 is 1.95. The van der Waals surface area contributed by atoms with Gasteiger partial charge < -0.3 is 35.6 Å². The minimum atomic E-state index is -1.43. The van der Waals surface area contributed by atoms with Gasteiger partial charge >= 0.3 is 24.1 Å². The summed E-state index contributed by atoms with van der Waals surface area (Å²) < 4.78 is 9.39. The first kappa shape index (κ1) is 29.1. The van der Waals surface area contributed by atoms with Crippen molar-refractivity contribution in [2.45, 2.75) is 17.8 Å². The predicted octanol–water partition coefficient (Wildman–Crippen LogP) is -1.38. The fourth-order valence-corrected chi connectivity index (χ4v) is 5.36. The van der Waals surface area contributed by atoms with Crippen LogP contribution in [-0.4, -0.2) is 99.2 Å². The van der Waals surface area contributed by atoms with E-state index in [-0.39, 0.29) is 33.6 Å². The second kappa shape index (κ2) is 12.4. The fourth-order valence-electron chi connectivity index (χ4n) is 3.31. The topological polar surface area (TPSA) is 266 Å². The number of nitrogens with one attached hydrogen (secondary N) is 1.